The lowest BCUT2D eigenvalue weighted by Crippen LogP contribution is -2.67. The van der Waals surface area contributed by atoms with Crippen LogP contribution in [0.4, 0.5) is 0 Å². The lowest BCUT2D eigenvalue weighted by molar-refractivity contribution is 0.128. The molecule has 0 amide bonds. The van der Waals surface area contributed by atoms with E-state index in [-0.39, 0.29) is 10.1 Å². The van der Waals surface area contributed by atoms with E-state index < -0.39 is 24.7 Å². The highest BCUT2D eigenvalue weighted by Gasteiger charge is 2.53. The van der Waals surface area contributed by atoms with Crippen molar-refractivity contribution in [3.8, 4) is 0 Å². The van der Waals surface area contributed by atoms with E-state index in [2.05, 4.69) is 195 Å². The van der Waals surface area contributed by atoms with Crippen LogP contribution in [-0.4, -0.2) is 37.9 Å². The van der Waals surface area contributed by atoms with Crippen molar-refractivity contribution in [2.45, 2.75) is 83.2 Å². The summed E-state index contributed by atoms with van der Waals surface area (Å²) < 4.78 is 15.4. The van der Waals surface area contributed by atoms with Gasteiger partial charge in [-0.3, -0.25) is 0 Å². The maximum atomic E-state index is 7.71. The third kappa shape index (κ3) is 7.22. The summed E-state index contributed by atoms with van der Waals surface area (Å²) in [6.07, 6.45) is 6.03. The summed E-state index contributed by atoms with van der Waals surface area (Å²) in [7, 11) is -6.95. The van der Waals surface area contributed by atoms with Crippen molar-refractivity contribution >= 4 is 45.5 Å². The Morgan fingerprint density at radius 3 is 1.17 bits per heavy atom. The number of hydrogen-bond donors (Lipinski definition) is 0. The van der Waals surface area contributed by atoms with E-state index in [0.717, 1.165) is 19.6 Å². The second-order valence-electron chi connectivity index (χ2n) is 16.9. The van der Waals surface area contributed by atoms with Crippen LogP contribution in [0.2, 0.25) is 35.3 Å². The molecule has 2 nitrogen and oxygen atoms in total. The molecule has 0 N–H and O–H groups in total. The summed E-state index contributed by atoms with van der Waals surface area (Å²) in [5.74, 6) is 0.744. The molecule has 5 heteroatoms. The first-order valence-electron chi connectivity index (χ1n) is 17.9. The molecule has 0 radical (unpaired) electrons. The number of rotatable bonds is 11. The number of hydrogen-bond acceptors (Lipinski definition) is 2. The molecule has 1 aliphatic rings. The minimum absolute atomic E-state index is 0.0562. The molecule has 0 unspecified atom stereocenters. The standard InChI is InChI=1S/C43H58O2Si3/c1-42(2,3)47(36-24-14-10-15-25-36,37-26-16-11-17-27-37)44-33-35-23-22-32-41(46(7,8)9)40(35)34-45-48(43(4,5)6,38-28-18-12-19-29-38)39-30-20-13-21-31-39/h10-22,24-32,35,40-41H,23,33-34H2,1-9H3/t35-,40-,41-/m1/s1. The van der Waals surface area contributed by atoms with Gasteiger partial charge < -0.3 is 8.85 Å². The molecule has 0 saturated heterocycles. The van der Waals surface area contributed by atoms with Crippen molar-refractivity contribution in [1.82, 2.24) is 0 Å². The van der Waals surface area contributed by atoms with Crippen LogP contribution in [0.15, 0.2) is 133 Å². The Morgan fingerprint density at radius 1 is 0.521 bits per heavy atom. The second-order valence-corrected chi connectivity index (χ2v) is 30.9. The van der Waals surface area contributed by atoms with Crippen molar-refractivity contribution in [3.63, 3.8) is 0 Å². The third-order valence-corrected chi connectivity index (χ3v) is 23.3. The molecule has 5 rings (SSSR count). The Balaban J connectivity index is 1.57. The molecule has 1 aliphatic carbocycles. The Bertz CT molecular complexity index is 1520. The van der Waals surface area contributed by atoms with Gasteiger partial charge in [-0.05, 0) is 54.6 Å². The fourth-order valence-corrected chi connectivity index (χ4v) is 19.9. The van der Waals surface area contributed by atoms with E-state index >= 15 is 0 Å². The van der Waals surface area contributed by atoms with Crippen molar-refractivity contribution in [3.05, 3.63) is 133 Å². The third-order valence-electron chi connectivity index (χ3n) is 10.7. The molecule has 0 spiro atoms. The van der Waals surface area contributed by atoms with Gasteiger partial charge in [0.2, 0.25) is 0 Å². The highest BCUT2D eigenvalue weighted by atomic mass is 28.4. The maximum Gasteiger partial charge on any atom is 0.261 e. The normalized spacial score (nSPS) is 19.3. The second kappa shape index (κ2) is 14.6. The minimum atomic E-state index is -2.69. The van der Waals surface area contributed by atoms with Crippen LogP contribution in [0.25, 0.3) is 0 Å². The van der Waals surface area contributed by atoms with Gasteiger partial charge in [0, 0.05) is 13.2 Å². The zero-order valence-corrected chi connectivity index (χ0v) is 33.9. The van der Waals surface area contributed by atoms with Crippen molar-refractivity contribution in [2.75, 3.05) is 13.2 Å². The molecule has 0 saturated carbocycles. The first kappa shape index (κ1) is 36.5. The topological polar surface area (TPSA) is 18.5 Å². The lowest BCUT2D eigenvalue weighted by atomic mass is 9.83. The van der Waals surface area contributed by atoms with Crippen molar-refractivity contribution in [2.24, 2.45) is 11.8 Å². The van der Waals surface area contributed by atoms with Gasteiger partial charge in [0.1, 0.15) is 0 Å². The quantitative estimate of drug-likeness (QED) is 0.116. The summed E-state index contributed by atoms with van der Waals surface area (Å²) in [6, 6.07) is 44.4. The van der Waals surface area contributed by atoms with Crippen molar-refractivity contribution < 1.29 is 8.85 Å². The Kier molecular flexibility index (Phi) is 11.1. The van der Waals surface area contributed by atoms with Gasteiger partial charge >= 0.3 is 0 Å². The van der Waals surface area contributed by atoms with Crippen LogP contribution in [0, 0.1) is 11.8 Å². The Hall–Kier alpha value is -2.81. The van der Waals surface area contributed by atoms with Gasteiger partial charge in [-0.1, -0.05) is 195 Å². The average molecular weight is 691 g/mol. The Labute approximate surface area is 294 Å². The van der Waals surface area contributed by atoms with Crippen LogP contribution in [0.3, 0.4) is 0 Å². The molecule has 0 heterocycles. The fraction of sp³-hybridized carbons (Fsp3) is 0.395. The molecule has 0 bridgehead atoms. The van der Waals surface area contributed by atoms with Crippen LogP contribution in [0.1, 0.15) is 48.0 Å². The van der Waals surface area contributed by atoms with E-state index in [0.29, 0.717) is 17.4 Å². The van der Waals surface area contributed by atoms with E-state index in [1.165, 1.54) is 20.7 Å². The molecule has 254 valence electrons. The summed E-state index contributed by atoms with van der Waals surface area (Å²) >= 11 is 0. The minimum Gasteiger partial charge on any atom is -0.407 e. The van der Waals surface area contributed by atoms with Crippen LogP contribution < -0.4 is 20.7 Å². The van der Waals surface area contributed by atoms with E-state index in [1.54, 1.807) is 0 Å². The number of allylic oxidation sites excluding steroid dienone is 2. The zero-order chi connectivity index (χ0) is 34.6. The molecule has 4 aromatic rings. The first-order valence-corrected chi connectivity index (χ1v) is 25.3. The predicted molar refractivity (Wildman–Crippen MR) is 215 cm³/mol. The Morgan fingerprint density at radius 2 is 0.854 bits per heavy atom. The largest absolute Gasteiger partial charge is 0.407 e. The average Bonchev–Trinajstić information content (AvgIpc) is 3.06. The SMILES string of the molecule is CC(C)(C)[Si](OC[C@H]1CC=C[C@@H]([Si](C)(C)C)[C@@H]1CO[Si](c1ccccc1)(c1ccccc1)C(C)(C)C)(c1ccccc1)c1ccccc1. The summed E-state index contributed by atoms with van der Waals surface area (Å²) in [4.78, 5) is 0. The molecule has 4 aromatic carbocycles. The van der Waals surface area contributed by atoms with E-state index in [9.17, 15) is 0 Å². The maximum absolute atomic E-state index is 7.71. The highest BCUT2D eigenvalue weighted by molar-refractivity contribution is 7.00. The van der Waals surface area contributed by atoms with Crippen LogP contribution in [0.5, 0.6) is 0 Å². The van der Waals surface area contributed by atoms with E-state index in [4.69, 9.17) is 8.85 Å². The van der Waals surface area contributed by atoms with Gasteiger partial charge in [0.25, 0.3) is 16.6 Å². The molecule has 0 aliphatic heterocycles. The van der Waals surface area contributed by atoms with E-state index in [1.807, 2.05) is 0 Å². The van der Waals surface area contributed by atoms with Gasteiger partial charge in [0.15, 0.2) is 0 Å². The molecular weight excluding hydrogens is 633 g/mol. The van der Waals surface area contributed by atoms with Gasteiger partial charge in [-0.25, -0.2) is 0 Å². The smallest absolute Gasteiger partial charge is 0.261 e. The highest BCUT2D eigenvalue weighted by Crippen LogP contribution is 2.45. The summed E-state index contributed by atoms with van der Waals surface area (Å²) in [5.41, 5.74) is 0.511. The van der Waals surface area contributed by atoms with Gasteiger partial charge in [0.05, 0.1) is 8.07 Å². The molecule has 0 fully saturated rings. The molecule has 48 heavy (non-hydrogen) atoms. The van der Waals surface area contributed by atoms with Crippen LogP contribution >= 0.6 is 0 Å². The monoisotopic (exact) mass is 690 g/mol. The molecule has 3 atom stereocenters. The zero-order valence-electron chi connectivity index (χ0n) is 30.9. The lowest BCUT2D eigenvalue weighted by Gasteiger charge is -2.48. The van der Waals surface area contributed by atoms with Gasteiger partial charge in [-0.15, -0.1) is 0 Å². The van der Waals surface area contributed by atoms with Crippen molar-refractivity contribution in [1.29, 1.82) is 0 Å². The molecular formula is C43H58O2Si3. The first-order chi connectivity index (χ1) is 22.7. The summed E-state index contributed by atoms with van der Waals surface area (Å²) in [6.45, 7) is 23.4. The number of benzene rings is 4. The van der Waals surface area contributed by atoms with Gasteiger partial charge in [-0.2, -0.15) is 0 Å². The fourth-order valence-electron chi connectivity index (χ4n) is 8.35. The predicted octanol–water partition coefficient (Wildman–Crippen LogP) is 9.04. The summed E-state index contributed by atoms with van der Waals surface area (Å²) in [5, 5.41) is 5.27. The van der Waals surface area contributed by atoms with Crippen LogP contribution in [-0.2, 0) is 8.85 Å². The molecule has 0 aromatic heterocycles.